The van der Waals surface area contributed by atoms with Gasteiger partial charge in [0.05, 0.1) is 11.8 Å². The van der Waals surface area contributed by atoms with Crippen molar-refractivity contribution in [2.24, 2.45) is 0 Å². The van der Waals surface area contributed by atoms with Gasteiger partial charge in [-0.15, -0.1) is 0 Å². The third kappa shape index (κ3) is 6.33. The number of nitrogens with one attached hydrogen (secondary N) is 2. The van der Waals surface area contributed by atoms with Crippen molar-refractivity contribution in [3.05, 3.63) is 87.6 Å². The Morgan fingerprint density at radius 3 is 2.43 bits per heavy atom. The number of nitrogens with zero attached hydrogens (tertiary/aromatic N) is 2. The van der Waals surface area contributed by atoms with Gasteiger partial charge in [-0.05, 0) is 62.6 Å². The Hall–Kier alpha value is -3.79. The van der Waals surface area contributed by atoms with E-state index in [1.165, 1.54) is 0 Å². The predicted molar refractivity (Wildman–Crippen MR) is 157 cm³/mol. The van der Waals surface area contributed by atoms with Crippen LogP contribution in [0.3, 0.4) is 0 Å². The minimum Gasteiger partial charge on any atom is -0.467 e. The minimum atomic E-state index is -4.62. The van der Waals surface area contributed by atoms with Gasteiger partial charge in [-0.3, -0.25) is 4.79 Å². The number of benzene rings is 1. The van der Waals surface area contributed by atoms with Crippen molar-refractivity contribution >= 4 is 21.8 Å². The number of furan rings is 1. The van der Waals surface area contributed by atoms with Crippen LogP contribution in [0.25, 0.3) is 21.8 Å². The lowest BCUT2D eigenvalue weighted by Gasteiger charge is -2.14. The number of halogens is 3. The molecule has 0 radical (unpaired) electrons. The Labute approximate surface area is 242 Å². The molecule has 42 heavy (non-hydrogen) atoms. The van der Waals surface area contributed by atoms with E-state index in [0.717, 1.165) is 92.7 Å². The Kier molecular flexibility index (Phi) is 9.21. The van der Waals surface area contributed by atoms with E-state index in [4.69, 9.17) is 8.94 Å². The van der Waals surface area contributed by atoms with Gasteiger partial charge in [0.25, 0.3) is 0 Å². The summed E-state index contributed by atoms with van der Waals surface area (Å²) in [6.45, 7) is 5.52. The Morgan fingerprint density at radius 1 is 1.00 bits per heavy atom. The smallest absolute Gasteiger partial charge is 0.417 e. The zero-order chi connectivity index (χ0) is 29.7. The second kappa shape index (κ2) is 13.0. The molecule has 4 aromatic heterocycles. The van der Waals surface area contributed by atoms with Gasteiger partial charge >= 0.3 is 6.18 Å². The number of aromatic nitrogens is 3. The zero-order valence-electron chi connectivity index (χ0n) is 24.0. The van der Waals surface area contributed by atoms with Crippen molar-refractivity contribution in [3.63, 3.8) is 0 Å². The summed E-state index contributed by atoms with van der Waals surface area (Å²) in [5.74, 6) is 0.810. The first-order valence-electron chi connectivity index (χ1n) is 14.7. The zero-order valence-corrected chi connectivity index (χ0v) is 24.0. The summed E-state index contributed by atoms with van der Waals surface area (Å²) in [4.78, 5) is 14.5. The van der Waals surface area contributed by atoms with E-state index in [1.54, 1.807) is 18.6 Å². The van der Waals surface area contributed by atoms with Gasteiger partial charge in [-0.2, -0.15) is 13.2 Å². The van der Waals surface area contributed by atoms with Crippen LogP contribution < -0.4 is 10.9 Å². The van der Waals surface area contributed by atoms with Crippen LogP contribution >= 0.6 is 0 Å². The number of fused-ring (bicyclic) bond motifs is 3. The third-order valence-corrected chi connectivity index (χ3v) is 8.04. The van der Waals surface area contributed by atoms with Crippen LogP contribution in [0.1, 0.15) is 86.2 Å². The average molecular weight is 583 g/mol. The summed E-state index contributed by atoms with van der Waals surface area (Å²) in [6.07, 6.45) is 6.90. The summed E-state index contributed by atoms with van der Waals surface area (Å²) in [5.41, 5.74) is 2.08. The van der Waals surface area contributed by atoms with Gasteiger partial charge in [0, 0.05) is 46.2 Å². The maximum atomic E-state index is 13.9. The van der Waals surface area contributed by atoms with E-state index in [2.05, 4.69) is 20.0 Å². The van der Waals surface area contributed by atoms with E-state index in [0.29, 0.717) is 11.5 Å². The summed E-state index contributed by atoms with van der Waals surface area (Å²) < 4.78 is 54.6. The lowest BCUT2D eigenvalue weighted by Crippen LogP contribution is -2.23. The Bertz CT molecular complexity index is 1620. The Morgan fingerprint density at radius 2 is 1.76 bits per heavy atom. The molecule has 4 heterocycles. The molecule has 0 amide bonds. The number of alkyl halides is 3. The van der Waals surface area contributed by atoms with E-state index >= 15 is 0 Å². The molecule has 0 aliphatic carbocycles. The SMILES string of the molecule is CCc1c(C)c2c3c(C(F)(F)F)cc(=O)[nH]c3ccc2n1CCCCCCCCCNC(c1ccon1)c1ccco1. The average Bonchev–Trinajstić information content (AvgIpc) is 3.73. The van der Waals surface area contributed by atoms with Gasteiger partial charge in [-0.25, -0.2) is 0 Å². The number of pyridine rings is 1. The van der Waals surface area contributed by atoms with Crippen LogP contribution in [0, 0.1) is 6.92 Å². The molecule has 0 spiro atoms. The van der Waals surface area contributed by atoms with Gasteiger partial charge in [0.1, 0.15) is 23.8 Å². The number of H-pyrrole nitrogens is 1. The molecule has 0 saturated carbocycles. The first-order chi connectivity index (χ1) is 20.3. The van der Waals surface area contributed by atoms with Crippen molar-refractivity contribution in [2.45, 2.75) is 84.0 Å². The van der Waals surface area contributed by atoms with Gasteiger partial charge < -0.3 is 23.8 Å². The van der Waals surface area contributed by atoms with Crippen LogP contribution in [0.4, 0.5) is 13.2 Å². The van der Waals surface area contributed by atoms with Gasteiger partial charge in [-0.1, -0.05) is 44.2 Å². The number of aryl methyl sites for hydroxylation is 2. The largest absolute Gasteiger partial charge is 0.467 e. The monoisotopic (exact) mass is 582 g/mol. The van der Waals surface area contributed by atoms with Crippen molar-refractivity contribution in [3.8, 4) is 0 Å². The van der Waals surface area contributed by atoms with Gasteiger partial charge in [0.15, 0.2) is 0 Å². The van der Waals surface area contributed by atoms with Crippen LogP contribution in [0.15, 0.2) is 62.7 Å². The van der Waals surface area contributed by atoms with E-state index in [-0.39, 0.29) is 16.9 Å². The van der Waals surface area contributed by atoms with Crippen molar-refractivity contribution in [2.75, 3.05) is 6.54 Å². The Balaban J connectivity index is 1.13. The molecule has 5 rings (SSSR count). The number of hydrogen-bond donors (Lipinski definition) is 2. The van der Waals surface area contributed by atoms with Crippen LogP contribution in [-0.4, -0.2) is 21.3 Å². The topological polar surface area (TPSA) is 89.0 Å². The fraction of sp³-hybridized carbons (Fsp3) is 0.438. The maximum Gasteiger partial charge on any atom is 0.417 e. The first kappa shape index (κ1) is 29.7. The molecular formula is C32H37F3N4O3. The van der Waals surface area contributed by atoms with Crippen molar-refractivity contribution in [1.82, 2.24) is 20.0 Å². The van der Waals surface area contributed by atoms with Crippen LogP contribution in [0.2, 0.25) is 0 Å². The highest BCUT2D eigenvalue weighted by molar-refractivity contribution is 6.09. The molecule has 2 N–H and O–H groups in total. The molecule has 1 atom stereocenters. The standard InChI is InChI=1S/C32H37F3N4O3/c1-3-25-21(2)29-26(14-13-23-30(29)22(32(33,34)35)20-28(40)37-23)39(25)17-10-8-6-4-5-7-9-16-36-31(24-15-19-42-38-24)27-12-11-18-41-27/h11-15,18-20,31,36H,3-10,16-17H2,1-2H3,(H,37,40). The molecule has 7 nitrogen and oxygen atoms in total. The van der Waals surface area contributed by atoms with E-state index in [1.807, 2.05) is 38.1 Å². The third-order valence-electron chi connectivity index (χ3n) is 8.04. The summed E-state index contributed by atoms with van der Waals surface area (Å²) in [5, 5.41) is 8.22. The van der Waals surface area contributed by atoms with E-state index in [9.17, 15) is 18.0 Å². The molecule has 1 unspecified atom stereocenters. The lowest BCUT2D eigenvalue weighted by molar-refractivity contribution is -0.136. The number of unbranched alkanes of at least 4 members (excludes halogenated alkanes) is 6. The fourth-order valence-corrected chi connectivity index (χ4v) is 6.08. The second-order valence-corrected chi connectivity index (χ2v) is 10.8. The molecule has 0 bridgehead atoms. The van der Waals surface area contributed by atoms with E-state index < -0.39 is 17.3 Å². The lowest BCUT2D eigenvalue weighted by atomic mass is 10.0. The normalized spacial score (nSPS) is 13.0. The highest BCUT2D eigenvalue weighted by Gasteiger charge is 2.34. The number of hydrogen-bond acceptors (Lipinski definition) is 5. The van der Waals surface area contributed by atoms with Crippen molar-refractivity contribution in [1.29, 1.82) is 0 Å². The second-order valence-electron chi connectivity index (χ2n) is 10.8. The van der Waals surface area contributed by atoms with Crippen LogP contribution in [0.5, 0.6) is 0 Å². The first-order valence-corrected chi connectivity index (χ1v) is 14.7. The molecule has 5 aromatic rings. The van der Waals surface area contributed by atoms with Gasteiger partial charge in [0.2, 0.25) is 5.56 Å². The highest BCUT2D eigenvalue weighted by Crippen LogP contribution is 2.39. The molecule has 0 aliphatic heterocycles. The fourth-order valence-electron chi connectivity index (χ4n) is 6.08. The molecule has 0 saturated heterocycles. The summed E-state index contributed by atoms with van der Waals surface area (Å²) in [7, 11) is 0. The molecule has 0 aliphatic rings. The molecular weight excluding hydrogens is 545 g/mol. The molecule has 0 fully saturated rings. The number of aromatic amines is 1. The molecule has 1 aromatic carbocycles. The summed E-state index contributed by atoms with van der Waals surface area (Å²) in [6, 6.07) is 9.62. The molecule has 224 valence electrons. The minimum absolute atomic E-state index is 0.0801. The maximum absolute atomic E-state index is 13.9. The highest BCUT2D eigenvalue weighted by atomic mass is 19.4. The predicted octanol–water partition coefficient (Wildman–Crippen LogP) is 8.06. The number of rotatable bonds is 14. The molecule has 10 heteroatoms. The quantitative estimate of drug-likeness (QED) is 0.129. The van der Waals surface area contributed by atoms with Crippen molar-refractivity contribution < 1.29 is 22.1 Å². The van der Waals surface area contributed by atoms with Crippen LogP contribution in [-0.2, 0) is 19.1 Å². The summed E-state index contributed by atoms with van der Waals surface area (Å²) >= 11 is 0.